The standard InChI is InChI=1S/C12H27N3O/c1-12(13,11-16)5-3-7-15-8-4-6-14(2)9-10-15/h16H,3-11,13H2,1-2H3. The van der Waals surface area contributed by atoms with Crippen LogP contribution >= 0.6 is 0 Å². The molecule has 1 rings (SSSR count). The van der Waals surface area contributed by atoms with Crippen molar-refractivity contribution in [1.82, 2.24) is 9.80 Å². The lowest BCUT2D eigenvalue weighted by Gasteiger charge is -2.24. The maximum atomic E-state index is 9.07. The quantitative estimate of drug-likeness (QED) is 0.703. The van der Waals surface area contributed by atoms with Gasteiger partial charge in [0.05, 0.1) is 6.61 Å². The SMILES string of the molecule is CN1CCCN(CCCC(C)(N)CO)CC1. The Hall–Kier alpha value is -0.160. The minimum atomic E-state index is -0.400. The van der Waals surface area contributed by atoms with Gasteiger partial charge in [-0.3, -0.25) is 0 Å². The van der Waals surface area contributed by atoms with Gasteiger partial charge in [0, 0.05) is 18.6 Å². The van der Waals surface area contributed by atoms with Crippen molar-refractivity contribution in [3.63, 3.8) is 0 Å². The van der Waals surface area contributed by atoms with Crippen LogP contribution in [0.5, 0.6) is 0 Å². The number of aliphatic hydroxyl groups is 1. The van der Waals surface area contributed by atoms with Crippen LogP contribution in [0, 0.1) is 0 Å². The van der Waals surface area contributed by atoms with E-state index in [1.807, 2.05) is 6.92 Å². The maximum absolute atomic E-state index is 9.07. The summed E-state index contributed by atoms with van der Waals surface area (Å²) in [5.41, 5.74) is 5.51. The molecule has 0 saturated carbocycles. The second kappa shape index (κ2) is 6.55. The van der Waals surface area contributed by atoms with Crippen LogP contribution < -0.4 is 5.73 Å². The van der Waals surface area contributed by atoms with Gasteiger partial charge >= 0.3 is 0 Å². The summed E-state index contributed by atoms with van der Waals surface area (Å²) in [6, 6.07) is 0. The zero-order valence-electron chi connectivity index (χ0n) is 10.8. The number of rotatable bonds is 5. The number of hydrogen-bond acceptors (Lipinski definition) is 4. The van der Waals surface area contributed by atoms with Crippen molar-refractivity contribution in [3.8, 4) is 0 Å². The summed E-state index contributed by atoms with van der Waals surface area (Å²) in [6.45, 7) is 7.85. The van der Waals surface area contributed by atoms with E-state index < -0.39 is 5.54 Å². The van der Waals surface area contributed by atoms with Gasteiger partial charge in [-0.05, 0) is 52.9 Å². The first-order valence-corrected chi connectivity index (χ1v) is 6.34. The van der Waals surface area contributed by atoms with Crippen molar-refractivity contribution in [2.45, 2.75) is 31.7 Å². The first-order valence-electron chi connectivity index (χ1n) is 6.34. The molecule has 1 unspecified atom stereocenters. The normalized spacial score (nSPS) is 24.0. The van der Waals surface area contributed by atoms with Crippen LogP contribution in [0.3, 0.4) is 0 Å². The van der Waals surface area contributed by atoms with E-state index in [1.165, 1.54) is 26.1 Å². The van der Waals surface area contributed by atoms with Crippen molar-refractivity contribution in [1.29, 1.82) is 0 Å². The molecule has 0 bridgehead atoms. The average molecular weight is 229 g/mol. The third kappa shape index (κ3) is 5.25. The topological polar surface area (TPSA) is 52.7 Å². The molecular weight excluding hydrogens is 202 g/mol. The summed E-state index contributed by atoms with van der Waals surface area (Å²) < 4.78 is 0. The minimum Gasteiger partial charge on any atom is -0.394 e. The predicted molar refractivity (Wildman–Crippen MR) is 67.5 cm³/mol. The molecule has 0 amide bonds. The van der Waals surface area contributed by atoms with E-state index >= 15 is 0 Å². The van der Waals surface area contributed by atoms with E-state index in [-0.39, 0.29) is 6.61 Å². The second-order valence-corrected chi connectivity index (χ2v) is 5.41. The molecule has 0 aromatic rings. The highest BCUT2D eigenvalue weighted by Crippen LogP contribution is 2.09. The number of aliphatic hydroxyl groups excluding tert-OH is 1. The van der Waals surface area contributed by atoms with Crippen LogP contribution in [0.4, 0.5) is 0 Å². The van der Waals surface area contributed by atoms with Gasteiger partial charge in [0.25, 0.3) is 0 Å². The molecule has 1 aliphatic rings. The summed E-state index contributed by atoms with van der Waals surface area (Å²) >= 11 is 0. The highest BCUT2D eigenvalue weighted by atomic mass is 16.3. The van der Waals surface area contributed by atoms with E-state index in [0.717, 1.165) is 25.9 Å². The van der Waals surface area contributed by atoms with E-state index in [2.05, 4.69) is 16.8 Å². The molecule has 1 fully saturated rings. The molecule has 4 nitrogen and oxygen atoms in total. The van der Waals surface area contributed by atoms with Gasteiger partial charge in [-0.1, -0.05) is 0 Å². The average Bonchev–Trinajstić information content (AvgIpc) is 2.44. The van der Waals surface area contributed by atoms with Crippen LogP contribution in [-0.4, -0.2) is 66.8 Å². The Bertz CT molecular complexity index is 197. The molecule has 1 heterocycles. The molecule has 0 radical (unpaired) electrons. The third-order valence-electron chi connectivity index (χ3n) is 3.40. The summed E-state index contributed by atoms with van der Waals surface area (Å²) in [5.74, 6) is 0. The van der Waals surface area contributed by atoms with E-state index in [4.69, 9.17) is 10.8 Å². The van der Waals surface area contributed by atoms with Crippen molar-refractivity contribution in [2.24, 2.45) is 5.73 Å². The third-order valence-corrected chi connectivity index (χ3v) is 3.40. The molecular formula is C12H27N3O. The fourth-order valence-corrected chi connectivity index (χ4v) is 2.11. The summed E-state index contributed by atoms with van der Waals surface area (Å²) in [5, 5.41) is 9.07. The molecule has 1 atom stereocenters. The van der Waals surface area contributed by atoms with Gasteiger partial charge in [0.1, 0.15) is 0 Å². The van der Waals surface area contributed by atoms with Gasteiger partial charge in [-0.25, -0.2) is 0 Å². The molecule has 0 spiro atoms. The highest BCUT2D eigenvalue weighted by molar-refractivity contribution is 4.78. The van der Waals surface area contributed by atoms with Gasteiger partial charge in [-0.15, -0.1) is 0 Å². The van der Waals surface area contributed by atoms with Gasteiger partial charge in [-0.2, -0.15) is 0 Å². The zero-order valence-corrected chi connectivity index (χ0v) is 10.8. The Kier molecular flexibility index (Phi) is 5.69. The smallest absolute Gasteiger partial charge is 0.0608 e. The Morgan fingerprint density at radius 3 is 2.69 bits per heavy atom. The number of likely N-dealkylation sites (N-methyl/N-ethyl adjacent to an activating group) is 1. The summed E-state index contributed by atoms with van der Waals surface area (Å²) in [6.07, 6.45) is 3.24. The number of nitrogens with two attached hydrogens (primary N) is 1. The molecule has 0 aromatic heterocycles. The largest absolute Gasteiger partial charge is 0.394 e. The molecule has 1 saturated heterocycles. The van der Waals surface area contributed by atoms with Gasteiger partial charge in [0.15, 0.2) is 0 Å². The van der Waals surface area contributed by atoms with Crippen molar-refractivity contribution < 1.29 is 5.11 Å². The molecule has 0 aliphatic carbocycles. The monoisotopic (exact) mass is 229 g/mol. The summed E-state index contributed by atoms with van der Waals surface area (Å²) in [7, 11) is 2.19. The lowest BCUT2D eigenvalue weighted by atomic mass is 9.98. The highest BCUT2D eigenvalue weighted by Gasteiger charge is 2.17. The van der Waals surface area contributed by atoms with Crippen molar-refractivity contribution in [3.05, 3.63) is 0 Å². The first kappa shape index (κ1) is 13.9. The molecule has 96 valence electrons. The van der Waals surface area contributed by atoms with Gasteiger partial charge < -0.3 is 20.6 Å². The first-order chi connectivity index (χ1) is 7.53. The number of hydrogen-bond donors (Lipinski definition) is 2. The van der Waals surface area contributed by atoms with Crippen LogP contribution in [0.15, 0.2) is 0 Å². The van der Waals surface area contributed by atoms with Crippen LogP contribution in [0.1, 0.15) is 26.2 Å². The zero-order chi connectivity index (χ0) is 12.0. The Morgan fingerprint density at radius 1 is 1.25 bits per heavy atom. The molecule has 16 heavy (non-hydrogen) atoms. The lowest BCUT2D eigenvalue weighted by Crippen LogP contribution is -2.41. The minimum absolute atomic E-state index is 0.0791. The molecule has 0 aromatic carbocycles. The predicted octanol–water partition coefficient (Wildman–Crippen LogP) is 0.114. The molecule has 4 heteroatoms. The maximum Gasteiger partial charge on any atom is 0.0608 e. The fourth-order valence-electron chi connectivity index (χ4n) is 2.11. The van der Waals surface area contributed by atoms with E-state index in [1.54, 1.807) is 0 Å². The molecule has 1 aliphatic heterocycles. The molecule has 3 N–H and O–H groups in total. The van der Waals surface area contributed by atoms with Crippen molar-refractivity contribution >= 4 is 0 Å². The van der Waals surface area contributed by atoms with Crippen LogP contribution in [-0.2, 0) is 0 Å². The Morgan fingerprint density at radius 2 is 2.00 bits per heavy atom. The fraction of sp³-hybridized carbons (Fsp3) is 1.00. The Labute approximate surface area is 99.4 Å². The van der Waals surface area contributed by atoms with Crippen LogP contribution in [0.2, 0.25) is 0 Å². The van der Waals surface area contributed by atoms with Gasteiger partial charge in [0.2, 0.25) is 0 Å². The van der Waals surface area contributed by atoms with E-state index in [9.17, 15) is 0 Å². The summed E-state index contributed by atoms with van der Waals surface area (Å²) in [4.78, 5) is 4.90. The van der Waals surface area contributed by atoms with Crippen LogP contribution in [0.25, 0.3) is 0 Å². The lowest BCUT2D eigenvalue weighted by molar-refractivity contribution is 0.188. The Balaban J connectivity index is 2.17. The number of nitrogens with zero attached hydrogens (tertiary/aromatic N) is 2. The van der Waals surface area contributed by atoms with E-state index in [0.29, 0.717) is 0 Å². The van der Waals surface area contributed by atoms with Crippen molar-refractivity contribution in [2.75, 3.05) is 46.4 Å². The second-order valence-electron chi connectivity index (χ2n) is 5.41.